The van der Waals surface area contributed by atoms with Gasteiger partial charge in [-0.15, -0.1) is 10.2 Å². The molecule has 0 bridgehead atoms. The number of carbonyl (C=O) groups is 1. The van der Waals surface area contributed by atoms with Crippen molar-refractivity contribution >= 4 is 23.4 Å². The van der Waals surface area contributed by atoms with Gasteiger partial charge >= 0.3 is 0 Å². The highest BCUT2D eigenvalue weighted by atomic mass is 32.2. The van der Waals surface area contributed by atoms with Crippen LogP contribution in [0, 0.1) is 6.92 Å². The van der Waals surface area contributed by atoms with E-state index in [4.69, 9.17) is 9.15 Å². The van der Waals surface area contributed by atoms with Gasteiger partial charge in [0.05, 0.1) is 18.6 Å². The van der Waals surface area contributed by atoms with E-state index in [9.17, 15) is 4.79 Å². The third-order valence-electron chi connectivity index (χ3n) is 4.18. The maximum Gasteiger partial charge on any atom is 0.234 e. The second kappa shape index (κ2) is 9.32. The number of aryl methyl sites for hydroxylation is 1. The fourth-order valence-corrected chi connectivity index (χ4v) is 3.50. The molecule has 0 aliphatic heterocycles. The number of anilines is 1. The van der Waals surface area contributed by atoms with Crippen LogP contribution in [0.4, 0.5) is 5.69 Å². The lowest BCUT2D eigenvalue weighted by molar-refractivity contribution is -0.113. The molecule has 0 saturated carbocycles. The molecule has 0 aliphatic rings. The quantitative estimate of drug-likeness (QED) is 0.414. The number of thioether (sulfide) groups is 1. The molecule has 2 aromatic heterocycles. The topological polar surface area (TPSA) is 82.2 Å². The Hall–Kier alpha value is -3.52. The summed E-state index contributed by atoms with van der Waals surface area (Å²) in [5.41, 5.74) is 1.84. The first-order valence-electron chi connectivity index (χ1n) is 9.33. The fraction of sp³-hybridized carbons (Fsp3) is 0.136. The highest BCUT2D eigenvalue weighted by molar-refractivity contribution is 7.99. The van der Waals surface area contributed by atoms with Crippen LogP contribution in [-0.4, -0.2) is 26.4 Å². The number of nitrogens with one attached hydrogen (secondary N) is 1. The van der Waals surface area contributed by atoms with Crippen molar-refractivity contribution in [3.63, 3.8) is 0 Å². The molecule has 0 spiro atoms. The number of amides is 1. The van der Waals surface area contributed by atoms with Gasteiger partial charge in [-0.05, 0) is 61.0 Å². The Balaban J connectivity index is 1.29. The molecule has 0 saturated heterocycles. The number of ether oxygens (including phenoxy) is 1. The van der Waals surface area contributed by atoms with Gasteiger partial charge in [-0.25, -0.2) is 0 Å². The molecule has 2 heterocycles. The molecule has 0 unspecified atom stereocenters. The Morgan fingerprint density at radius 1 is 1.13 bits per heavy atom. The molecule has 4 aromatic rings. The van der Waals surface area contributed by atoms with Gasteiger partial charge in [0.1, 0.15) is 23.6 Å². The first kappa shape index (κ1) is 19.8. The van der Waals surface area contributed by atoms with E-state index in [1.807, 2.05) is 72.2 Å². The smallest absolute Gasteiger partial charge is 0.234 e. The number of furan rings is 1. The van der Waals surface area contributed by atoms with Crippen molar-refractivity contribution in [1.82, 2.24) is 14.8 Å². The van der Waals surface area contributed by atoms with Gasteiger partial charge in [0.2, 0.25) is 5.91 Å². The van der Waals surface area contributed by atoms with Crippen molar-refractivity contribution in [2.24, 2.45) is 0 Å². The van der Waals surface area contributed by atoms with Crippen LogP contribution in [0.25, 0.3) is 0 Å². The van der Waals surface area contributed by atoms with E-state index in [1.165, 1.54) is 11.8 Å². The molecular formula is C22H20N4O3S. The van der Waals surface area contributed by atoms with E-state index in [0.29, 0.717) is 23.1 Å². The molecule has 0 radical (unpaired) electrons. The van der Waals surface area contributed by atoms with Crippen molar-refractivity contribution in [2.45, 2.75) is 18.6 Å². The van der Waals surface area contributed by atoms with Gasteiger partial charge < -0.3 is 19.0 Å². The van der Waals surface area contributed by atoms with E-state index < -0.39 is 0 Å². The summed E-state index contributed by atoms with van der Waals surface area (Å²) >= 11 is 1.32. The second-order valence-electron chi connectivity index (χ2n) is 6.60. The zero-order valence-electron chi connectivity index (χ0n) is 16.3. The van der Waals surface area contributed by atoms with Crippen molar-refractivity contribution in [3.05, 3.63) is 84.6 Å². The average molecular weight is 420 g/mol. The zero-order valence-corrected chi connectivity index (χ0v) is 17.1. The molecule has 4 rings (SSSR count). The lowest BCUT2D eigenvalue weighted by Gasteiger charge is -2.09. The van der Waals surface area contributed by atoms with Gasteiger partial charge in [-0.2, -0.15) is 0 Å². The zero-order chi connectivity index (χ0) is 20.8. The monoisotopic (exact) mass is 420 g/mol. The van der Waals surface area contributed by atoms with E-state index >= 15 is 0 Å². The van der Waals surface area contributed by atoms with E-state index in [2.05, 4.69) is 15.5 Å². The third kappa shape index (κ3) is 5.30. The summed E-state index contributed by atoms with van der Waals surface area (Å²) in [5, 5.41) is 11.5. The maximum absolute atomic E-state index is 12.3. The Bertz CT molecular complexity index is 1110. The van der Waals surface area contributed by atoms with Crippen LogP contribution in [0.15, 0.2) is 82.8 Å². The van der Waals surface area contributed by atoms with Gasteiger partial charge in [0.15, 0.2) is 5.16 Å². The first-order chi connectivity index (χ1) is 14.7. The van der Waals surface area contributed by atoms with Crippen LogP contribution in [0.2, 0.25) is 0 Å². The number of rotatable bonds is 8. The van der Waals surface area contributed by atoms with Crippen LogP contribution in [0.1, 0.15) is 11.3 Å². The van der Waals surface area contributed by atoms with E-state index in [0.717, 1.165) is 17.1 Å². The lowest BCUT2D eigenvalue weighted by atomic mass is 10.2. The van der Waals surface area contributed by atoms with Crippen LogP contribution in [0.3, 0.4) is 0 Å². The summed E-state index contributed by atoms with van der Waals surface area (Å²) in [4.78, 5) is 12.3. The Kier molecular flexibility index (Phi) is 6.14. The third-order valence-corrected chi connectivity index (χ3v) is 5.16. The fourth-order valence-electron chi connectivity index (χ4n) is 2.78. The van der Waals surface area contributed by atoms with Gasteiger partial charge in [-0.1, -0.05) is 23.9 Å². The van der Waals surface area contributed by atoms with Gasteiger partial charge in [0, 0.05) is 5.69 Å². The molecule has 30 heavy (non-hydrogen) atoms. The molecular weight excluding hydrogens is 400 g/mol. The predicted molar refractivity (Wildman–Crippen MR) is 115 cm³/mol. The Labute approximate surface area is 178 Å². The normalized spacial score (nSPS) is 10.7. The summed E-state index contributed by atoms with van der Waals surface area (Å²) in [5.74, 6) is 2.38. The number of hydrogen-bond acceptors (Lipinski definition) is 6. The lowest BCUT2D eigenvalue weighted by Crippen LogP contribution is -2.14. The molecule has 152 valence electrons. The molecule has 8 heteroatoms. The molecule has 2 aromatic carbocycles. The predicted octanol–water partition coefficient (Wildman–Crippen LogP) is 4.75. The number of carbonyl (C=O) groups excluding carboxylic acids is 1. The van der Waals surface area contributed by atoms with E-state index in [1.54, 1.807) is 12.6 Å². The maximum atomic E-state index is 12.3. The summed E-state index contributed by atoms with van der Waals surface area (Å²) in [7, 11) is 0. The Morgan fingerprint density at radius 3 is 2.77 bits per heavy atom. The minimum Gasteiger partial charge on any atom is -0.467 e. The number of aromatic nitrogens is 3. The minimum absolute atomic E-state index is 0.125. The highest BCUT2D eigenvalue weighted by Gasteiger charge is 2.10. The number of nitrogens with zero attached hydrogens (tertiary/aromatic N) is 3. The van der Waals surface area contributed by atoms with Gasteiger partial charge in [-0.3, -0.25) is 4.79 Å². The summed E-state index contributed by atoms with van der Waals surface area (Å²) in [6.45, 7) is 2.54. The number of hydrogen-bond donors (Lipinski definition) is 1. The molecule has 0 atom stereocenters. The standard InChI is InChI=1S/C22H20N4O3S/c1-16-4-2-5-19(12-16)29-18-9-7-17(8-10-18)24-21(27)14-30-22-25-23-15-26(22)13-20-6-3-11-28-20/h2-12,15H,13-14H2,1H3,(H,24,27). The summed E-state index contributed by atoms with van der Waals surface area (Å²) < 4.78 is 13.0. The van der Waals surface area contributed by atoms with Crippen LogP contribution >= 0.6 is 11.8 Å². The minimum atomic E-state index is -0.125. The van der Waals surface area contributed by atoms with Crippen molar-refractivity contribution in [1.29, 1.82) is 0 Å². The van der Waals surface area contributed by atoms with Crippen LogP contribution in [0.5, 0.6) is 11.5 Å². The molecule has 0 aliphatic carbocycles. The molecule has 7 nitrogen and oxygen atoms in total. The van der Waals surface area contributed by atoms with Crippen molar-refractivity contribution < 1.29 is 13.9 Å². The van der Waals surface area contributed by atoms with Crippen molar-refractivity contribution in [2.75, 3.05) is 11.1 Å². The molecule has 0 fully saturated rings. The summed E-state index contributed by atoms with van der Waals surface area (Å²) in [6, 6.07) is 18.8. The Morgan fingerprint density at radius 2 is 2.00 bits per heavy atom. The van der Waals surface area contributed by atoms with Crippen LogP contribution in [-0.2, 0) is 11.3 Å². The van der Waals surface area contributed by atoms with Gasteiger partial charge in [0.25, 0.3) is 0 Å². The first-order valence-corrected chi connectivity index (χ1v) is 10.3. The SMILES string of the molecule is Cc1cccc(Oc2ccc(NC(=O)CSc3nncn3Cc3ccco3)cc2)c1. The molecule has 1 amide bonds. The second-order valence-corrected chi connectivity index (χ2v) is 7.54. The van der Waals surface area contributed by atoms with E-state index in [-0.39, 0.29) is 11.7 Å². The van der Waals surface area contributed by atoms with Crippen molar-refractivity contribution in [3.8, 4) is 11.5 Å². The summed E-state index contributed by atoms with van der Waals surface area (Å²) in [6.07, 6.45) is 3.24. The van der Waals surface area contributed by atoms with Crippen LogP contribution < -0.4 is 10.1 Å². The average Bonchev–Trinajstić information content (AvgIpc) is 3.40. The molecule has 1 N–H and O–H groups in total. The highest BCUT2D eigenvalue weighted by Crippen LogP contribution is 2.24. The number of benzene rings is 2. The largest absolute Gasteiger partial charge is 0.467 e.